The molecule has 11 heavy (non-hydrogen) atoms. The molecule has 0 aliphatic heterocycles. The number of nitrogens with zero attached hydrogens (tertiary/aromatic N) is 2. The summed E-state index contributed by atoms with van der Waals surface area (Å²) < 4.78 is 51.8. The number of hydrogen-bond acceptors (Lipinski definition) is 2. The quantitative estimate of drug-likeness (QED) is 0.442. The SMILES string of the molecule is C=NP(F)(F)=NPNP(F)F. The summed E-state index contributed by atoms with van der Waals surface area (Å²) in [5, 5.41) is 0. The second-order valence-corrected chi connectivity index (χ2v) is 4.73. The first-order chi connectivity index (χ1) is 4.98. The van der Waals surface area contributed by atoms with Crippen LogP contribution in [0.25, 0.3) is 0 Å². The lowest BCUT2D eigenvalue weighted by Crippen LogP contribution is -1.78. The highest BCUT2D eigenvalue weighted by Crippen LogP contribution is 2.57. The summed E-state index contributed by atoms with van der Waals surface area (Å²) in [6, 6.07) is 0. The van der Waals surface area contributed by atoms with E-state index in [9.17, 15) is 16.8 Å². The Hall–Kier alpha value is 0.440. The van der Waals surface area contributed by atoms with Gasteiger partial charge in [0.15, 0.2) is 0 Å². The normalized spacial score (nSPS) is 12.8. The fourth-order valence-electron chi connectivity index (χ4n) is 0.152. The second kappa shape index (κ2) is 5.15. The average molecular weight is 227 g/mol. The molecule has 1 N–H and O–H groups in total. The van der Waals surface area contributed by atoms with Crippen molar-refractivity contribution in [2.24, 2.45) is 9.28 Å². The van der Waals surface area contributed by atoms with Gasteiger partial charge in [-0.2, -0.15) is 12.9 Å². The predicted molar refractivity (Wildman–Crippen MR) is 41.7 cm³/mol. The molecule has 0 saturated heterocycles. The Bertz CT molecular complexity index is 175. The van der Waals surface area contributed by atoms with Crippen LogP contribution in [0.15, 0.2) is 9.28 Å². The Labute approximate surface area is 64.0 Å². The Morgan fingerprint density at radius 3 is 2.36 bits per heavy atom. The van der Waals surface area contributed by atoms with Gasteiger partial charge in [-0.15, -0.1) is 8.39 Å². The molecule has 0 rings (SSSR count). The highest BCUT2D eigenvalue weighted by Gasteiger charge is 2.12. The smallest absolute Gasteiger partial charge is 0.205 e. The van der Waals surface area contributed by atoms with Gasteiger partial charge in [-0.1, -0.05) is 0 Å². The van der Waals surface area contributed by atoms with Gasteiger partial charge in [-0.05, 0) is 6.72 Å². The zero-order chi connectivity index (χ0) is 8.91. The van der Waals surface area contributed by atoms with Crippen LogP contribution in [0, 0.1) is 0 Å². The molecule has 1 unspecified atom stereocenters. The van der Waals surface area contributed by atoms with Crippen molar-refractivity contribution in [3.05, 3.63) is 0 Å². The Morgan fingerprint density at radius 2 is 2.00 bits per heavy atom. The van der Waals surface area contributed by atoms with Gasteiger partial charge in [0.2, 0.25) is 0 Å². The molecule has 0 heterocycles. The maximum Gasteiger partial charge on any atom is 0.415 e. The van der Waals surface area contributed by atoms with E-state index in [0.29, 0.717) is 0 Å². The van der Waals surface area contributed by atoms with Crippen LogP contribution in [-0.2, 0) is 0 Å². The molecule has 3 nitrogen and oxygen atoms in total. The van der Waals surface area contributed by atoms with Crippen LogP contribution in [0.2, 0.25) is 0 Å². The molecular formula is CH4F4N3P3. The van der Waals surface area contributed by atoms with Gasteiger partial charge in [0, 0.05) is 0 Å². The summed E-state index contributed by atoms with van der Waals surface area (Å²) in [4.78, 5) is 1.49. The molecule has 10 heteroatoms. The van der Waals surface area contributed by atoms with E-state index in [1.807, 2.05) is 0 Å². The van der Waals surface area contributed by atoms with Gasteiger partial charge in [0.1, 0.15) is 0 Å². The van der Waals surface area contributed by atoms with E-state index in [2.05, 4.69) is 16.0 Å². The van der Waals surface area contributed by atoms with E-state index < -0.39 is 25.4 Å². The van der Waals surface area contributed by atoms with E-state index in [4.69, 9.17) is 0 Å². The number of nitrogens with one attached hydrogen (secondary N) is 1. The lowest BCUT2D eigenvalue weighted by atomic mass is 11.8. The Morgan fingerprint density at radius 1 is 1.45 bits per heavy atom. The lowest BCUT2D eigenvalue weighted by molar-refractivity contribution is 0.727. The van der Waals surface area contributed by atoms with Crippen molar-refractivity contribution in [1.29, 1.82) is 0 Å². The molecule has 0 aromatic carbocycles. The molecule has 0 amide bonds. The minimum Gasteiger partial charge on any atom is -0.205 e. The van der Waals surface area contributed by atoms with Gasteiger partial charge >= 0.3 is 16.5 Å². The fourth-order valence-corrected chi connectivity index (χ4v) is 1.77. The molecule has 0 spiro atoms. The van der Waals surface area contributed by atoms with Gasteiger partial charge in [-0.3, -0.25) is 0 Å². The van der Waals surface area contributed by atoms with E-state index >= 15 is 0 Å². The van der Waals surface area contributed by atoms with Crippen molar-refractivity contribution in [1.82, 2.24) is 4.86 Å². The summed E-state index contributed by atoms with van der Waals surface area (Å²) in [5.74, 6) is 0. The largest absolute Gasteiger partial charge is 0.415 e. The minimum atomic E-state index is -4.71. The van der Waals surface area contributed by atoms with Crippen LogP contribution in [-0.4, -0.2) is 6.72 Å². The standard InChI is InChI=1S/CH4F4N3P3/c1-6-11(4,5)8-9-7-10(2)3/h7,9H,1H2. The molecule has 0 fully saturated rings. The molecule has 0 saturated carbocycles. The van der Waals surface area contributed by atoms with E-state index in [-0.39, 0.29) is 0 Å². The van der Waals surface area contributed by atoms with Crippen LogP contribution in [0.3, 0.4) is 0 Å². The molecule has 0 aromatic heterocycles. The monoisotopic (exact) mass is 227 g/mol. The van der Waals surface area contributed by atoms with Crippen LogP contribution >= 0.6 is 25.4 Å². The van der Waals surface area contributed by atoms with Crippen molar-refractivity contribution in [3.8, 4) is 0 Å². The van der Waals surface area contributed by atoms with Crippen molar-refractivity contribution < 1.29 is 16.8 Å². The summed E-state index contributed by atoms with van der Waals surface area (Å²) in [7, 11) is -9.09. The van der Waals surface area contributed by atoms with Gasteiger partial charge in [0.25, 0.3) is 0 Å². The number of rotatable bonds is 4. The van der Waals surface area contributed by atoms with Crippen LogP contribution in [0.1, 0.15) is 0 Å². The third kappa shape index (κ3) is 6.82. The first kappa shape index (κ1) is 11.4. The zero-order valence-corrected chi connectivity index (χ0v) is 7.80. The molecular weight excluding hydrogens is 223 g/mol. The second-order valence-electron chi connectivity index (χ2n) is 1.15. The lowest BCUT2D eigenvalue weighted by Gasteiger charge is -1.97. The predicted octanol–water partition coefficient (Wildman–Crippen LogP) is 3.84. The first-order valence-corrected chi connectivity index (χ1v) is 5.64. The molecule has 0 radical (unpaired) electrons. The first-order valence-electron chi connectivity index (χ1n) is 2.09. The fraction of sp³-hybridized carbons (Fsp3) is 0. The zero-order valence-electron chi connectivity index (χ0n) is 5.01. The summed E-state index contributed by atoms with van der Waals surface area (Å²) >= 11 is 0. The molecule has 1 atom stereocenters. The van der Waals surface area contributed by atoms with Crippen molar-refractivity contribution in [2.75, 3.05) is 0 Å². The Balaban J connectivity index is 3.82. The van der Waals surface area contributed by atoms with Gasteiger partial charge in [0.05, 0.1) is 8.88 Å². The maximum atomic E-state index is 12.0. The Kier molecular flexibility index (Phi) is 5.36. The highest BCUT2D eigenvalue weighted by molar-refractivity contribution is 7.63. The summed E-state index contributed by atoms with van der Waals surface area (Å²) in [5.41, 5.74) is 0. The molecule has 0 aliphatic rings. The van der Waals surface area contributed by atoms with Crippen molar-refractivity contribution in [3.63, 3.8) is 0 Å². The van der Waals surface area contributed by atoms with E-state index in [1.54, 1.807) is 0 Å². The topological polar surface area (TPSA) is 36.8 Å². The van der Waals surface area contributed by atoms with Crippen LogP contribution < -0.4 is 4.86 Å². The summed E-state index contributed by atoms with van der Waals surface area (Å²) in [6.45, 7) is 2.58. The van der Waals surface area contributed by atoms with Gasteiger partial charge in [-0.25, -0.2) is 9.62 Å². The van der Waals surface area contributed by atoms with E-state index in [0.717, 1.165) is 0 Å². The highest BCUT2D eigenvalue weighted by atomic mass is 31.2. The average Bonchev–Trinajstić information content (AvgIpc) is 1.87. The number of hydrogen-bond donors (Lipinski definition) is 1. The third-order valence-corrected chi connectivity index (χ3v) is 3.25. The van der Waals surface area contributed by atoms with Crippen molar-refractivity contribution >= 4 is 32.1 Å². The minimum absolute atomic E-state index is 1.01. The van der Waals surface area contributed by atoms with Crippen molar-refractivity contribution in [2.45, 2.75) is 0 Å². The molecule has 0 aromatic rings. The molecule has 0 aliphatic carbocycles. The summed E-state index contributed by atoms with van der Waals surface area (Å²) in [6.07, 6.45) is 0. The van der Waals surface area contributed by atoms with Crippen LogP contribution in [0.4, 0.5) is 16.8 Å². The maximum absolute atomic E-state index is 12.0. The van der Waals surface area contributed by atoms with E-state index in [1.165, 1.54) is 4.86 Å². The third-order valence-electron chi connectivity index (χ3n) is 0.475. The van der Waals surface area contributed by atoms with Gasteiger partial charge < -0.3 is 0 Å². The van der Waals surface area contributed by atoms with Crippen LogP contribution in [0.5, 0.6) is 0 Å². The molecule has 0 bridgehead atoms. The molecule has 66 valence electrons. The number of halogens is 4.